The van der Waals surface area contributed by atoms with Crippen molar-refractivity contribution in [3.8, 4) is 0 Å². The molecule has 1 rings (SSSR count). The van der Waals surface area contributed by atoms with E-state index in [4.69, 9.17) is 0 Å². The lowest BCUT2D eigenvalue weighted by Crippen LogP contribution is -2.43. The molecule has 17 heavy (non-hydrogen) atoms. The molecule has 0 aromatic carbocycles. The molecular formula is C11H15BrN2O2S. The van der Waals surface area contributed by atoms with E-state index in [2.05, 4.69) is 33.1 Å². The van der Waals surface area contributed by atoms with Gasteiger partial charge in [-0.15, -0.1) is 0 Å². The molecule has 1 heterocycles. The molecule has 6 heteroatoms. The molecule has 0 aliphatic heterocycles. The molecule has 0 unspecified atom stereocenters. The van der Waals surface area contributed by atoms with Gasteiger partial charge in [0.25, 0.3) is 0 Å². The fourth-order valence-corrected chi connectivity index (χ4v) is 2.09. The highest BCUT2D eigenvalue weighted by Crippen LogP contribution is 2.21. The summed E-state index contributed by atoms with van der Waals surface area (Å²) >= 11 is 4.65. The van der Waals surface area contributed by atoms with Crippen molar-refractivity contribution in [2.45, 2.75) is 12.5 Å². The zero-order valence-electron chi connectivity index (χ0n) is 9.50. The van der Waals surface area contributed by atoms with Gasteiger partial charge in [0, 0.05) is 4.48 Å². The van der Waals surface area contributed by atoms with Gasteiger partial charge < -0.3 is 15.7 Å². The molecule has 0 saturated heterocycles. The third-order valence-corrected chi connectivity index (χ3v) is 3.14. The maximum Gasteiger partial charge on any atom is 0.315 e. The fraction of sp³-hybridized carbons (Fsp3) is 0.364. The molecule has 0 fully saturated rings. The number of aliphatic hydroxyl groups is 1. The topological polar surface area (TPSA) is 61.4 Å². The second kappa shape index (κ2) is 6.18. The van der Waals surface area contributed by atoms with E-state index in [1.165, 1.54) is 11.3 Å². The average Bonchev–Trinajstić information content (AvgIpc) is 2.77. The molecule has 1 aromatic heterocycles. The summed E-state index contributed by atoms with van der Waals surface area (Å²) in [7, 11) is 0. The first-order chi connectivity index (χ1) is 7.92. The number of carbonyl (C=O) groups is 1. The predicted molar refractivity (Wildman–Crippen MR) is 73.4 cm³/mol. The highest BCUT2D eigenvalue weighted by molar-refractivity contribution is 9.11. The Morgan fingerprint density at radius 2 is 2.35 bits per heavy atom. The molecule has 4 nitrogen and oxygen atoms in total. The van der Waals surface area contributed by atoms with Crippen LogP contribution in [-0.2, 0) is 5.60 Å². The van der Waals surface area contributed by atoms with Gasteiger partial charge in [0.15, 0.2) is 0 Å². The van der Waals surface area contributed by atoms with Crippen LogP contribution in [0.3, 0.4) is 0 Å². The Hall–Kier alpha value is -0.850. The highest BCUT2D eigenvalue weighted by Gasteiger charge is 2.23. The number of hydrogen-bond donors (Lipinski definition) is 3. The Bertz CT molecular complexity index is 390. The molecule has 0 saturated carbocycles. The van der Waals surface area contributed by atoms with Crippen molar-refractivity contribution in [1.82, 2.24) is 10.6 Å². The van der Waals surface area contributed by atoms with Crippen LogP contribution in [0.4, 0.5) is 4.79 Å². The van der Waals surface area contributed by atoms with Crippen LogP contribution in [0.25, 0.3) is 0 Å². The fourth-order valence-electron chi connectivity index (χ4n) is 1.16. The third kappa shape index (κ3) is 4.89. The number of urea groups is 1. The van der Waals surface area contributed by atoms with Crippen molar-refractivity contribution in [3.63, 3.8) is 0 Å². The van der Waals surface area contributed by atoms with Crippen LogP contribution in [0.2, 0.25) is 0 Å². The molecular weight excluding hydrogens is 304 g/mol. The molecule has 1 atom stereocenters. The SMILES string of the molecule is C=C(Br)CNC(=O)NC[C@](C)(O)c1ccsc1. The van der Waals surface area contributed by atoms with Crippen molar-refractivity contribution in [2.75, 3.05) is 13.1 Å². The molecule has 0 radical (unpaired) electrons. The Labute approximate surface area is 113 Å². The van der Waals surface area contributed by atoms with Crippen molar-refractivity contribution in [3.05, 3.63) is 33.5 Å². The van der Waals surface area contributed by atoms with E-state index in [0.717, 1.165) is 5.56 Å². The normalized spacial score (nSPS) is 13.8. The molecule has 1 aromatic rings. The maximum absolute atomic E-state index is 11.4. The van der Waals surface area contributed by atoms with E-state index in [0.29, 0.717) is 11.0 Å². The van der Waals surface area contributed by atoms with Crippen molar-refractivity contribution >= 4 is 33.3 Å². The molecule has 94 valence electrons. The van der Waals surface area contributed by atoms with E-state index < -0.39 is 5.60 Å². The van der Waals surface area contributed by atoms with E-state index in [-0.39, 0.29) is 12.6 Å². The zero-order valence-corrected chi connectivity index (χ0v) is 11.9. The van der Waals surface area contributed by atoms with Gasteiger partial charge >= 0.3 is 6.03 Å². The van der Waals surface area contributed by atoms with Gasteiger partial charge in [-0.1, -0.05) is 22.5 Å². The predicted octanol–water partition coefficient (Wildman–Crippen LogP) is 2.16. The minimum Gasteiger partial charge on any atom is -0.384 e. The number of carbonyl (C=O) groups excluding carboxylic acids is 1. The summed E-state index contributed by atoms with van der Waals surface area (Å²) in [4.78, 5) is 11.4. The van der Waals surface area contributed by atoms with Gasteiger partial charge in [-0.05, 0) is 29.3 Å². The lowest BCUT2D eigenvalue weighted by Gasteiger charge is -2.22. The summed E-state index contributed by atoms with van der Waals surface area (Å²) < 4.78 is 0.692. The molecule has 2 amide bonds. The monoisotopic (exact) mass is 318 g/mol. The van der Waals surface area contributed by atoms with Crippen LogP contribution in [-0.4, -0.2) is 24.2 Å². The number of thiophene rings is 1. The van der Waals surface area contributed by atoms with Crippen LogP contribution in [0.1, 0.15) is 12.5 Å². The number of nitrogens with one attached hydrogen (secondary N) is 2. The van der Waals surface area contributed by atoms with E-state index >= 15 is 0 Å². The molecule has 0 aliphatic carbocycles. The van der Waals surface area contributed by atoms with Crippen LogP contribution in [0.15, 0.2) is 27.9 Å². The number of rotatable bonds is 5. The molecule has 0 spiro atoms. The van der Waals surface area contributed by atoms with Crippen molar-refractivity contribution < 1.29 is 9.90 Å². The van der Waals surface area contributed by atoms with Gasteiger partial charge in [-0.3, -0.25) is 0 Å². The number of halogens is 1. The Kier molecular flexibility index (Phi) is 5.17. The Morgan fingerprint density at radius 3 is 2.88 bits per heavy atom. The van der Waals surface area contributed by atoms with Crippen molar-refractivity contribution in [2.24, 2.45) is 0 Å². The van der Waals surface area contributed by atoms with Gasteiger partial charge in [0.1, 0.15) is 5.60 Å². The smallest absolute Gasteiger partial charge is 0.315 e. The first-order valence-electron chi connectivity index (χ1n) is 5.02. The Balaban J connectivity index is 2.40. The second-order valence-corrected chi connectivity index (χ2v) is 5.74. The first-order valence-corrected chi connectivity index (χ1v) is 6.75. The van der Waals surface area contributed by atoms with Gasteiger partial charge in [-0.25, -0.2) is 4.79 Å². The zero-order chi connectivity index (χ0) is 12.9. The summed E-state index contributed by atoms with van der Waals surface area (Å²) in [6.45, 7) is 5.78. The van der Waals surface area contributed by atoms with Crippen LogP contribution < -0.4 is 10.6 Å². The minimum atomic E-state index is -1.05. The van der Waals surface area contributed by atoms with Crippen LogP contribution >= 0.6 is 27.3 Å². The molecule has 0 aliphatic rings. The minimum absolute atomic E-state index is 0.157. The summed E-state index contributed by atoms with van der Waals surface area (Å²) in [5, 5.41) is 19.1. The van der Waals surface area contributed by atoms with Gasteiger partial charge in [-0.2, -0.15) is 11.3 Å². The highest BCUT2D eigenvalue weighted by atomic mass is 79.9. The van der Waals surface area contributed by atoms with Gasteiger partial charge in [0.05, 0.1) is 13.1 Å². The Morgan fingerprint density at radius 1 is 1.65 bits per heavy atom. The lowest BCUT2D eigenvalue weighted by atomic mass is 9.99. The number of hydrogen-bond acceptors (Lipinski definition) is 3. The maximum atomic E-state index is 11.4. The van der Waals surface area contributed by atoms with Gasteiger partial charge in [0.2, 0.25) is 0 Å². The van der Waals surface area contributed by atoms with E-state index in [1.54, 1.807) is 6.92 Å². The lowest BCUT2D eigenvalue weighted by molar-refractivity contribution is 0.0599. The quantitative estimate of drug-likeness (QED) is 0.779. The number of amides is 2. The average molecular weight is 319 g/mol. The van der Waals surface area contributed by atoms with Crippen LogP contribution in [0.5, 0.6) is 0 Å². The first kappa shape index (κ1) is 14.2. The molecule has 0 bridgehead atoms. The van der Waals surface area contributed by atoms with Crippen molar-refractivity contribution in [1.29, 1.82) is 0 Å². The summed E-state index contributed by atoms with van der Waals surface area (Å²) in [6, 6.07) is 1.51. The third-order valence-electron chi connectivity index (χ3n) is 2.18. The molecule has 3 N–H and O–H groups in total. The summed E-state index contributed by atoms with van der Waals surface area (Å²) in [5.41, 5.74) is -0.254. The van der Waals surface area contributed by atoms with E-state index in [9.17, 15) is 9.90 Å². The largest absolute Gasteiger partial charge is 0.384 e. The second-order valence-electron chi connectivity index (χ2n) is 3.84. The standard InChI is InChI=1S/C11H15BrN2O2S/c1-8(12)5-13-10(15)14-7-11(2,16)9-3-4-17-6-9/h3-4,6,16H,1,5,7H2,2H3,(H2,13,14,15)/t11-/m0/s1. The van der Waals surface area contributed by atoms with Crippen LogP contribution in [0, 0.1) is 0 Å². The summed E-state index contributed by atoms with van der Waals surface area (Å²) in [5.74, 6) is 0. The van der Waals surface area contributed by atoms with E-state index in [1.807, 2.05) is 16.8 Å². The summed E-state index contributed by atoms with van der Waals surface area (Å²) in [6.07, 6.45) is 0.